The lowest BCUT2D eigenvalue weighted by molar-refractivity contribution is -0.241. The van der Waals surface area contributed by atoms with Crippen LogP contribution in [0, 0.1) is 11.8 Å². The number of aliphatic hydroxyl groups excluding tert-OH is 3. The summed E-state index contributed by atoms with van der Waals surface area (Å²) in [6, 6.07) is 0. The van der Waals surface area contributed by atoms with Crippen molar-refractivity contribution in [1.29, 1.82) is 0 Å². The predicted molar refractivity (Wildman–Crippen MR) is 63.3 cm³/mol. The molecule has 17 heavy (non-hydrogen) atoms. The number of ether oxygens (including phenoxy) is 1. The molecule has 5 heteroatoms. The van der Waals surface area contributed by atoms with Crippen LogP contribution in [0.2, 0.25) is 0 Å². The zero-order chi connectivity index (χ0) is 13.6. The van der Waals surface area contributed by atoms with Crippen LogP contribution in [-0.2, 0) is 9.53 Å². The molecule has 0 radical (unpaired) electrons. The first-order valence-electron chi connectivity index (χ1n) is 5.89. The molecule has 0 spiro atoms. The number of carbonyl (C=O) groups is 1. The summed E-state index contributed by atoms with van der Waals surface area (Å²) in [5.74, 6) is 0.391. The van der Waals surface area contributed by atoms with Gasteiger partial charge in [-0.25, -0.2) is 0 Å². The molecule has 0 aliphatic carbocycles. The third kappa shape index (κ3) is 6.12. The Labute approximate surface area is 102 Å². The van der Waals surface area contributed by atoms with Gasteiger partial charge in [0.2, 0.25) is 0 Å². The fourth-order valence-electron chi connectivity index (χ4n) is 1.68. The van der Waals surface area contributed by atoms with Gasteiger partial charge in [-0.15, -0.1) is 0 Å². The molecule has 0 bridgehead atoms. The van der Waals surface area contributed by atoms with E-state index in [2.05, 4.69) is 0 Å². The zero-order valence-corrected chi connectivity index (χ0v) is 11.0. The van der Waals surface area contributed by atoms with Gasteiger partial charge in [-0.1, -0.05) is 13.8 Å². The first kappa shape index (κ1) is 16.5. The van der Waals surface area contributed by atoms with Gasteiger partial charge in [0, 0.05) is 5.92 Å². The van der Waals surface area contributed by atoms with E-state index in [1.54, 1.807) is 0 Å². The normalized spacial score (nSPS) is 32.9. The van der Waals surface area contributed by atoms with Crippen LogP contribution < -0.4 is 0 Å². The molecule has 0 saturated carbocycles. The lowest BCUT2D eigenvalue weighted by atomic mass is 9.86. The molecule has 0 aromatic rings. The maximum absolute atomic E-state index is 9.51. The molecule has 102 valence electrons. The van der Waals surface area contributed by atoms with E-state index in [1.807, 2.05) is 13.8 Å². The summed E-state index contributed by atoms with van der Waals surface area (Å²) in [6.07, 6.45) is -1.67. The highest BCUT2D eigenvalue weighted by Gasteiger charge is 2.37. The van der Waals surface area contributed by atoms with Crippen molar-refractivity contribution in [2.75, 3.05) is 6.61 Å². The third-order valence-electron chi connectivity index (χ3n) is 2.66. The van der Waals surface area contributed by atoms with Crippen molar-refractivity contribution >= 4 is 5.78 Å². The van der Waals surface area contributed by atoms with Crippen molar-refractivity contribution in [2.24, 2.45) is 11.8 Å². The van der Waals surface area contributed by atoms with Gasteiger partial charge in [0.1, 0.15) is 11.9 Å². The van der Waals surface area contributed by atoms with Crippen molar-refractivity contribution < 1.29 is 24.9 Å². The largest absolute Gasteiger partial charge is 0.394 e. The van der Waals surface area contributed by atoms with Crippen molar-refractivity contribution in [2.45, 2.75) is 52.6 Å². The molecule has 1 aliphatic rings. The van der Waals surface area contributed by atoms with E-state index < -0.39 is 18.5 Å². The monoisotopic (exact) mass is 248 g/mol. The van der Waals surface area contributed by atoms with Gasteiger partial charge in [0.15, 0.2) is 6.29 Å². The van der Waals surface area contributed by atoms with Crippen LogP contribution in [0.4, 0.5) is 0 Å². The molecular formula is C12H24O5. The fourth-order valence-corrected chi connectivity index (χ4v) is 1.68. The lowest BCUT2D eigenvalue weighted by Crippen LogP contribution is -2.47. The Morgan fingerprint density at radius 3 is 2.18 bits per heavy atom. The number of carbonyl (C=O) groups excluding carboxylic acids is 1. The maximum Gasteiger partial charge on any atom is 0.158 e. The van der Waals surface area contributed by atoms with Crippen LogP contribution in [0.1, 0.15) is 34.1 Å². The molecular weight excluding hydrogens is 224 g/mol. The highest BCUT2D eigenvalue weighted by atomic mass is 16.6. The van der Waals surface area contributed by atoms with Crippen LogP contribution in [0.5, 0.6) is 0 Å². The van der Waals surface area contributed by atoms with E-state index in [0.717, 1.165) is 0 Å². The van der Waals surface area contributed by atoms with E-state index in [4.69, 9.17) is 9.84 Å². The highest BCUT2D eigenvalue weighted by molar-refractivity contribution is 5.72. The van der Waals surface area contributed by atoms with E-state index in [-0.39, 0.29) is 24.2 Å². The Hall–Kier alpha value is -0.490. The average molecular weight is 248 g/mol. The van der Waals surface area contributed by atoms with E-state index in [1.165, 1.54) is 13.8 Å². The smallest absolute Gasteiger partial charge is 0.158 e. The molecule has 3 N–H and O–H groups in total. The molecule has 0 amide bonds. The summed E-state index contributed by atoms with van der Waals surface area (Å²) in [5.41, 5.74) is 0. The number of ketones is 1. The SMILES string of the molecule is CC(C)=O.CC(C)C1CC(O)C(CO)OC1O. The second kappa shape index (κ2) is 7.76. The van der Waals surface area contributed by atoms with Gasteiger partial charge in [-0.2, -0.15) is 0 Å². The maximum atomic E-state index is 9.51. The van der Waals surface area contributed by atoms with Crippen LogP contribution in [-0.4, -0.2) is 46.2 Å². The number of Topliss-reactive ketones (excluding diaryl/α,β-unsaturated/α-hetero) is 1. The fraction of sp³-hybridized carbons (Fsp3) is 0.917. The average Bonchev–Trinajstić information content (AvgIpc) is 2.19. The van der Waals surface area contributed by atoms with Crippen molar-refractivity contribution in [3.8, 4) is 0 Å². The molecule has 1 rings (SSSR count). The summed E-state index contributed by atoms with van der Waals surface area (Å²) in [4.78, 5) is 9.44. The van der Waals surface area contributed by atoms with Crippen LogP contribution >= 0.6 is 0 Å². The Balaban J connectivity index is 0.000000557. The molecule has 0 aromatic carbocycles. The van der Waals surface area contributed by atoms with E-state index >= 15 is 0 Å². The van der Waals surface area contributed by atoms with Crippen LogP contribution in [0.15, 0.2) is 0 Å². The Kier molecular flexibility index (Phi) is 7.54. The first-order valence-corrected chi connectivity index (χ1v) is 5.89. The van der Waals surface area contributed by atoms with Crippen molar-refractivity contribution in [3.63, 3.8) is 0 Å². The van der Waals surface area contributed by atoms with Gasteiger partial charge >= 0.3 is 0 Å². The molecule has 4 atom stereocenters. The van der Waals surface area contributed by atoms with Crippen molar-refractivity contribution in [1.82, 2.24) is 0 Å². The van der Waals surface area contributed by atoms with Crippen LogP contribution in [0.25, 0.3) is 0 Å². The molecule has 1 fully saturated rings. The minimum Gasteiger partial charge on any atom is -0.394 e. The lowest BCUT2D eigenvalue weighted by Gasteiger charge is -2.38. The Morgan fingerprint density at radius 1 is 1.35 bits per heavy atom. The number of hydrogen-bond donors (Lipinski definition) is 3. The number of aliphatic hydroxyl groups is 3. The van der Waals surface area contributed by atoms with Crippen LogP contribution in [0.3, 0.4) is 0 Å². The topological polar surface area (TPSA) is 87.0 Å². The van der Waals surface area contributed by atoms with Gasteiger partial charge in [-0.05, 0) is 26.2 Å². The second-order valence-corrected chi connectivity index (χ2v) is 4.87. The van der Waals surface area contributed by atoms with Gasteiger partial charge < -0.3 is 24.9 Å². The summed E-state index contributed by atoms with van der Waals surface area (Å²) in [6.45, 7) is 6.76. The third-order valence-corrected chi connectivity index (χ3v) is 2.66. The van der Waals surface area contributed by atoms with Gasteiger partial charge in [0.05, 0.1) is 12.7 Å². The minimum absolute atomic E-state index is 0.0437. The van der Waals surface area contributed by atoms with E-state index in [0.29, 0.717) is 6.42 Å². The summed E-state index contributed by atoms with van der Waals surface area (Å²) in [7, 11) is 0. The quantitative estimate of drug-likeness (QED) is 0.655. The molecule has 1 heterocycles. The minimum atomic E-state index is -0.861. The molecule has 1 saturated heterocycles. The van der Waals surface area contributed by atoms with Crippen molar-refractivity contribution in [3.05, 3.63) is 0 Å². The highest BCUT2D eigenvalue weighted by Crippen LogP contribution is 2.29. The standard InChI is InChI=1S/C9H18O4.C3H6O/c1-5(2)6-3-7(11)8(4-10)13-9(6)12;1-3(2)4/h5-12H,3-4H2,1-2H3;1-2H3. The molecule has 5 nitrogen and oxygen atoms in total. The van der Waals surface area contributed by atoms with Gasteiger partial charge in [0.25, 0.3) is 0 Å². The number of hydrogen-bond acceptors (Lipinski definition) is 5. The predicted octanol–water partition coefficient (Wildman–Crippen LogP) is 0.314. The first-order chi connectivity index (χ1) is 7.79. The Morgan fingerprint density at radius 2 is 1.82 bits per heavy atom. The molecule has 4 unspecified atom stereocenters. The number of rotatable bonds is 2. The summed E-state index contributed by atoms with van der Waals surface area (Å²) < 4.78 is 5.08. The second-order valence-electron chi connectivity index (χ2n) is 4.87. The molecule has 1 aliphatic heterocycles. The van der Waals surface area contributed by atoms with E-state index in [9.17, 15) is 15.0 Å². The Bertz CT molecular complexity index is 225. The molecule has 0 aromatic heterocycles. The zero-order valence-electron chi connectivity index (χ0n) is 11.0. The summed E-state index contributed by atoms with van der Waals surface area (Å²) >= 11 is 0. The summed E-state index contributed by atoms with van der Waals surface area (Å²) in [5, 5.41) is 27.8. The van der Waals surface area contributed by atoms with Gasteiger partial charge in [-0.3, -0.25) is 0 Å².